The second-order valence-electron chi connectivity index (χ2n) is 5.09. The summed E-state index contributed by atoms with van der Waals surface area (Å²) in [6.07, 6.45) is 1.96. The van der Waals surface area contributed by atoms with E-state index in [1.54, 1.807) is 0 Å². The predicted octanol–water partition coefficient (Wildman–Crippen LogP) is 2.79. The number of hydrogen-bond acceptors (Lipinski definition) is 1. The smallest absolute Gasteiger partial charge is 0.0357 e. The van der Waals surface area contributed by atoms with Gasteiger partial charge in [-0.05, 0) is 30.0 Å². The number of aromatic amines is 1. The Kier molecular flexibility index (Phi) is 3.76. The largest absolute Gasteiger partial charge is 0.364 e. The van der Waals surface area contributed by atoms with Crippen LogP contribution < -0.4 is 5.32 Å². The fraction of sp³-hybridized carbons (Fsp3) is 0.667. The molecule has 0 bridgehead atoms. The van der Waals surface area contributed by atoms with Gasteiger partial charge in [0, 0.05) is 18.4 Å². The molecular weight excluding hydrogens is 172 g/mol. The van der Waals surface area contributed by atoms with E-state index < -0.39 is 0 Å². The maximum atomic E-state index is 3.46. The molecule has 1 aromatic rings. The third-order valence-corrected chi connectivity index (χ3v) is 2.91. The van der Waals surface area contributed by atoms with E-state index in [1.165, 1.54) is 5.69 Å². The first kappa shape index (κ1) is 11.3. The van der Waals surface area contributed by atoms with Gasteiger partial charge >= 0.3 is 0 Å². The van der Waals surface area contributed by atoms with Gasteiger partial charge in [-0.15, -0.1) is 0 Å². The molecule has 2 nitrogen and oxygen atoms in total. The van der Waals surface area contributed by atoms with Gasteiger partial charge in [-0.3, -0.25) is 0 Å². The molecule has 0 spiro atoms. The standard InChI is InChI=1S/C12H22N2/c1-10(12(2,3)4)8-13-9-11-6-5-7-14-11/h5-7,10,13-14H,8-9H2,1-4H3. The van der Waals surface area contributed by atoms with Crippen molar-refractivity contribution >= 4 is 0 Å². The highest BCUT2D eigenvalue weighted by molar-refractivity contribution is 5.02. The van der Waals surface area contributed by atoms with Crippen molar-refractivity contribution in [1.82, 2.24) is 10.3 Å². The van der Waals surface area contributed by atoms with Crippen molar-refractivity contribution in [3.05, 3.63) is 24.0 Å². The maximum absolute atomic E-state index is 3.46. The van der Waals surface area contributed by atoms with Crippen LogP contribution in [0.25, 0.3) is 0 Å². The number of aromatic nitrogens is 1. The summed E-state index contributed by atoms with van der Waals surface area (Å²) in [6, 6.07) is 4.14. The summed E-state index contributed by atoms with van der Waals surface area (Å²) in [7, 11) is 0. The molecule has 1 rings (SSSR count). The lowest BCUT2D eigenvalue weighted by Crippen LogP contribution is -2.29. The van der Waals surface area contributed by atoms with E-state index in [4.69, 9.17) is 0 Å². The lowest BCUT2D eigenvalue weighted by Gasteiger charge is -2.27. The van der Waals surface area contributed by atoms with Gasteiger partial charge in [-0.2, -0.15) is 0 Å². The Bertz CT molecular complexity index is 244. The van der Waals surface area contributed by atoms with Crippen molar-refractivity contribution in [3.8, 4) is 0 Å². The van der Waals surface area contributed by atoms with Gasteiger partial charge in [0.15, 0.2) is 0 Å². The van der Waals surface area contributed by atoms with Gasteiger partial charge in [-0.25, -0.2) is 0 Å². The molecule has 2 N–H and O–H groups in total. The highest BCUT2D eigenvalue weighted by Gasteiger charge is 2.18. The lowest BCUT2D eigenvalue weighted by atomic mass is 9.82. The predicted molar refractivity (Wildman–Crippen MR) is 61.1 cm³/mol. The number of rotatable bonds is 4. The van der Waals surface area contributed by atoms with E-state index in [1.807, 2.05) is 12.3 Å². The Hall–Kier alpha value is -0.760. The van der Waals surface area contributed by atoms with Crippen molar-refractivity contribution in [3.63, 3.8) is 0 Å². The fourth-order valence-corrected chi connectivity index (χ4v) is 1.21. The summed E-state index contributed by atoms with van der Waals surface area (Å²) in [5.41, 5.74) is 1.65. The van der Waals surface area contributed by atoms with Gasteiger partial charge in [-0.1, -0.05) is 27.7 Å². The van der Waals surface area contributed by atoms with E-state index in [-0.39, 0.29) is 0 Å². The molecular formula is C12H22N2. The molecule has 14 heavy (non-hydrogen) atoms. The third-order valence-electron chi connectivity index (χ3n) is 2.91. The lowest BCUT2D eigenvalue weighted by molar-refractivity contribution is 0.252. The number of nitrogens with one attached hydrogen (secondary N) is 2. The summed E-state index contributed by atoms with van der Waals surface area (Å²) in [6.45, 7) is 11.2. The van der Waals surface area contributed by atoms with Crippen molar-refractivity contribution in [2.24, 2.45) is 11.3 Å². The maximum Gasteiger partial charge on any atom is 0.0357 e. The normalized spacial score (nSPS) is 14.3. The zero-order valence-corrected chi connectivity index (χ0v) is 9.72. The van der Waals surface area contributed by atoms with Crippen LogP contribution in [0.5, 0.6) is 0 Å². The van der Waals surface area contributed by atoms with Crippen LogP contribution in [0.2, 0.25) is 0 Å². The molecule has 1 heterocycles. The quantitative estimate of drug-likeness (QED) is 0.758. The SMILES string of the molecule is CC(CNCc1ccc[nH]1)C(C)(C)C. The molecule has 0 aliphatic rings. The van der Waals surface area contributed by atoms with E-state index in [0.29, 0.717) is 11.3 Å². The van der Waals surface area contributed by atoms with E-state index in [0.717, 1.165) is 13.1 Å². The molecule has 1 aromatic heterocycles. The van der Waals surface area contributed by atoms with Crippen LogP contribution in [-0.2, 0) is 6.54 Å². The first-order valence-electron chi connectivity index (χ1n) is 5.33. The minimum absolute atomic E-state index is 0.392. The highest BCUT2D eigenvalue weighted by Crippen LogP contribution is 2.24. The molecule has 0 aliphatic heterocycles. The molecule has 1 atom stereocenters. The van der Waals surface area contributed by atoms with Gasteiger partial charge in [0.25, 0.3) is 0 Å². The Labute approximate surface area is 87.1 Å². The Morgan fingerprint density at radius 1 is 1.43 bits per heavy atom. The van der Waals surface area contributed by atoms with E-state index in [9.17, 15) is 0 Å². The molecule has 1 unspecified atom stereocenters. The zero-order valence-electron chi connectivity index (χ0n) is 9.72. The van der Waals surface area contributed by atoms with Crippen molar-refractivity contribution in [2.45, 2.75) is 34.2 Å². The zero-order chi connectivity index (χ0) is 10.6. The Balaban J connectivity index is 2.22. The van der Waals surface area contributed by atoms with Crippen LogP contribution >= 0.6 is 0 Å². The van der Waals surface area contributed by atoms with Crippen molar-refractivity contribution in [1.29, 1.82) is 0 Å². The molecule has 0 aromatic carbocycles. The van der Waals surface area contributed by atoms with E-state index >= 15 is 0 Å². The third kappa shape index (κ3) is 3.54. The topological polar surface area (TPSA) is 27.8 Å². The van der Waals surface area contributed by atoms with Crippen molar-refractivity contribution < 1.29 is 0 Å². The summed E-state index contributed by atoms with van der Waals surface area (Å²) < 4.78 is 0. The Morgan fingerprint density at radius 2 is 2.14 bits per heavy atom. The van der Waals surface area contributed by atoms with Crippen LogP contribution in [-0.4, -0.2) is 11.5 Å². The minimum Gasteiger partial charge on any atom is -0.364 e. The fourth-order valence-electron chi connectivity index (χ4n) is 1.21. The molecule has 2 heteroatoms. The van der Waals surface area contributed by atoms with Crippen LogP contribution in [0.3, 0.4) is 0 Å². The summed E-state index contributed by atoms with van der Waals surface area (Å²) in [5, 5.41) is 3.46. The van der Waals surface area contributed by atoms with Crippen molar-refractivity contribution in [2.75, 3.05) is 6.54 Å². The molecule has 0 saturated heterocycles. The number of H-pyrrole nitrogens is 1. The van der Waals surface area contributed by atoms with Crippen LogP contribution in [0.1, 0.15) is 33.4 Å². The highest BCUT2D eigenvalue weighted by atomic mass is 14.9. The average molecular weight is 194 g/mol. The second kappa shape index (κ2) is 4.65. The first-order chi connectivity index (χ1) is 6.50. The summed E-state index contributed by atoms with van der Waals surface area (Å²) in [4.78, 5) is 3.19. The molecule has 0 saturated carbocycles. The molecule has 0 amide bonds. The van der Waals surface area contributed by atoms with Crippen LogP contribution in [0.4, 0.5) is 0 Å². The van der Waals surface area contributed by atoms with Gasteiger partial charge in [0.1, 0.15) is 0 Å². The monoisotopic (exact) mass is 194 g/mol. The molecule has 0 fully saturated rings. The van der Waals surface area contributed by atoms with Crippen LogP contribution in [0.15, 0.2) is 18.3 Å². The average Bonchev–Trinajstić information content (AvgIpc) is 2.55. The summed E-state index contributed by atoms with van der Waals surface area (Å²) >= 11 is 0. The van der Waals surface area contributed by atoms with Gasteiger partial charge in [0.2, 0.25) is 0 Å². The Morgan fingerprint density at radius 3 is 2.64 bits per heavy atom. The van der Waals surface area contributed by atoms with E-state index in [2.05, 4.69) is 44.1 Å². The molecule has 0 radical (unpaired) electrons. The first-order valence-corrected chi connectivity index (χ1v) is 5.33. The van der Waals surface area contributed by atoms with Gasteiger partial charge < -0.3 is 10.3 Å². The van der Waals surface area contributed by atoms with Crippen LogP contribution in [0, 0.1) is 11.3 Å². The molecule has 0 aliphatic carbocycles. The second-order valence-corrected chi connectivity index (χ2v) is 5.09. The molecule has 80 valence electrons. The summed E-state index contributed by atoms with van der Waals surface area (Å²) in [5.74, 6) is 0.692. The van der Waals surface area contributed by atoms with Gasteiger partial charge in [0.05, 0.1) is 0 Å². The number of hydrogen-bond donors (Lipinski definition) is 2. The minimum atomic E-state index is 0.392.